The van der Waals surface area contributed by atoms with E-state index in [0.29, 0.717) is 25.3 Å². The van der Waals surface area contributed by atoms with Crippen molar-refractivity contribution in [2.45, 2.75) is 29.9 Å². The minimum atomic E-state index is -3.91. The normalized spacial score (nSPS) is 17.4. The number of carbonyl (C=O) groups excluding carboxylic acids is 1. The van der Waals surface area contributed by atoms with Gasteiger partial charge in [0.2, 0.25) is 16.3 Å². The Morgan fingerprint density at radius 1 is 1.00 bits per heavy atom. The van der Waals surface area contributed by atoms with Gasteiger partial charge in [0.1, 0.15) is 5.75 Å². The second-order valence-electron chi connectivity index (χ2n) is 10.6. The molecule has 0 spiro atoms. The van der Waals surface area contributed by atoms with Gasteiger partial charge in [0.05, 0.1) is 31.8 Å². The van der Waals surface area contributed by atoms with Crippen molar-refractivity contribution in [3.05, 3.63) is 95.3 Å². The standard InChI is InChI=1S/C33H38N2O8S/c1-40-18-14-34-33(37)31-21-24(28-8-5-9-29-27-7-4-3-6-23(27)20-30(28)29)22-32(43-31)42-19-16-35(15-17-36)44(38,39)26-12-10-25(41-2)11-13-26/h3-13,21,24,32,36H,14-20,22H2,1-2H3,(H,34,37). The van der Waals surface area contributed by atoms with E-state index in [0.717, 1.165) is 12.0 Å². The highest BCUT2D eigenvalue weighted by Crippen LogP contribution is 2.42. The van der Waals surface area contributed by atoms with Gasteiger partial charge in [0.25, 0.3) is 5.91 Å². The number of allylic oxidation sites excluding steroid dienone is 1. The molecule has 11 heteroatoms. The van der Waals surface area contributed by atoms with Crippen LogP contribution >= 0.6 is 0 Å². The topological polar surface area (TPSA) is 124 Å². The third kappa shape index (κ3) is 6.98. The first-order valence-electron chi connectivity index (χ1n) is 14.6. The molecular weight excluding hydrogens is 584 g/mol. The minimum absolute atomic E-state index is 0.0102. The van der Waals surface area contributed by atoms with Crippen LogP contribution in [-0.2, 0) is 35.4 Å². The van der Waals surface area contributed by atoms with E-state index in [1.54, 1.807) is 19.2 Å². The Kier molecular flexibility index (Phi) is 10.3. The number of aliphatic hydroxyl groups is 1. The van der Waals surface area contributed by atoms with Gasteiger partial charge in [-0.25, -0.2) is 8.42 Å². The Morgan fingerprint density at radius 3 is 2.52 bits per heavy atom. The number of carbonyl (C=O) groups is 1. The number of sulfonamides is 1. The van der Waals surface area contributed by atoms with Crippen LogP contribution in [0.5, 0.6) is 5.75 Å². The fraction of sp³-hybridized carbons (Fsp3) is 0.364. The Hall–Kier alpha value is -3.74. The molecule has 2 aliphatic rings. The summed E-state index contributed by atoms with van der Waals surface area (Å²) >= 11 is 0. The molecule has 2 unspecified atom stereocenters. The van der Waals surface area contributed by atoms with Crippen molar-refractivity contribution in [1.29, 1.82) is 0 Å². The number of methoxy groups -OCH3 is 2. The summed E-state index contributed by atoms with van der Waals surface area (Å²) in [5, 5.41) is 12.4. The zero-order chi connectivity index (χ0) is 31.1. The lowest BCUT2D eigenvalue weighted by molar-refractivity contribution is -0.146. The maximum atomic E-state index is 13.3. The van der Waals surface area contributed by atoms with Gasteiger partial charge < -0.3 is 29.4 Å². The molecule has 1 heterocycles. The van der Waals surface area contributed by atoms with E-state index in [9.17, 15) is 18.3 Å². The number of benzene rings is 3. The van der Waals surface area contributed by atoms with Crippen molar-refractivity contribution in [2.24, 2.45) is 0 Å². The zero-order valence-electron chi connectivity index (χ0n) is 24.9. The van der Waals surface area contributed by atoms with Gasteiger partial charge >= 0.3 is 0 Å². The van der Waals surface area contributed by atoms with Crippen molar-refractivity contribution in [3.8, 4) is 16.9 Å². The third-order valence-corrected chi connectivity index (χ3v) is 9.76. The molecule has 1 amide bonds. The molecule has 0 aromatic heterocycles. The number of aliphatic hydroxyl groups excluding tert-OH is 1. The van der Waals surface area contributed by atoms with E-state index in [1.165, 1.54) is 45.8 Å². The Morgan fingerprint density at radius 2 is 1.77 bits per heavy atom. The molecule has 3 aromatic rings. The number of ether oxygens (including phenoxy) is 4. The van der Waals surface area contributed by atoms with Crippen LogP contribution in [0.2, 0.25) is 0 Å². The molecule has 1 aliphatic carbocycles. The summed E-state index contributed by atoms with van der Waals surface area (Å²) in [5.74, 6) is 0.138. The van der Waals surface area contributed by atoms with Crippen molar-refractivity contribution >= 4 is 15.9 Å². The summed E-state index contributed by atoms with van der Waals surface area (Å²) < 4.78 is 50.1. The molecule has 3 aromatic carbocycles. The first-order chi connectivity index (χ1) is 21.3. The van der Waals surface area contributed by atoms with Gasteiger partial charge in [-0.15, -0.1) is 0 Å². The number of amides is 1. The van der Waals surface area contributed by atoms with Crippen LogP contribution in [0.3, 0.4) is 0 Å². The lowest BCUT2D eigenvalue weighted by Gasteiger charge is -2.31. The monoisotopic (exact) mass is 622 g/mol. The maximum absolute atomic E-state index is 13.3. The number of nitrogens with one attached hydrogen (secondary N) is 1. The van der Waals surface area contributed by atoms with Crippen LogP contribution in [0.4, 0.5) is 0 Å². The van der Waals surface area contributed by atoms with E-state index in [1.807, 2.05) is 24.3 Å². The van der Waals surface area contributed by atoms with E-state index < -0.39 is 16.3 Å². The number of fused-ring (bicyclic) bond motifs is 3. The van der Waals surface area contributed by atoms with Crippen LogP contribution in [0.1, 0.15) is 29.0 Å². The Labute approximate surface area is 258 Å². The SMILES string of the molecule is COCCNC(=O)C1=CC(c2cccc3c2Cc2ccccc2-3)CC(OCCN(CCO)S(=O)(=O)c2ccc(OC)cc2)O1. The Bertz CT molecular complexity index is 1590. The average Bonchev–Trinajstić information content (AvgIpc) is 3.43. The predicted molar refractivity (Wildman–Crippen MR) is 165 cm³/mol. The fourth-order valence-corrected chi connectivity index (χ4v) is 7.08. The fourth-order valence-electron chi connectivity index (χ4n) is 5.66. The van der Waals surface area contributed by atoms with Crippen molar-refractivity contribution in [3.63, 3.8) is 0 Å². The Balaban J connectivity index is 1.33. The number of rotatable bonds is 14. The maximum Gasteiger partial charge on any atom is 0.286 e. The summed E-state index contributed by atoms with van der Waals surface area (Å²) in [5.41, 5.74) is 5.98. The van der Waals surface area contributed by atoms with Crippen molar-refractivity contribution < 1.29 is 37.3 Å². The van der Waals surface area contributed by atoms with Gasteiger partial charge in [0.15, 0.2) is 5.76 Å². The molecule has 10 nitrogen and oxygen atoms in total. The van der Waals surface area contributed by atoms with E-state index in [2.05, 4.69) is 29.6 Å². The first-order valence-corrected chi connectivity index (χ1v) is 16.0. The lowest BCUT2D eigenvalue weighted by atomic mass is 9.87. The molecule has 0 bridgehead atoms. The largest absolute Gasteiger partial charge is 0.497 e. The summed E-state index contributed by atoms with van der Waals surface area (Å²) in [4.78, 5) is 13.2. The van der Waals surface area contributed by atoms with Gasteiger partial charge in [-0.1, -0.05) is 42.5 Å². The summed E-state index contributed by atoms with van der Waals surface area (Å²) in [6, 6.07) is 20.6. The first kappa shape index (κ1) is 31.7. The molecule has 44 heavy (non-hydrogen) atoms. The number of hydrogen-bond acceptors (Lipinski definition) is 8. The lowest BCUT2D eigenvalue weighted by Crippen LogP contribution is -2.38. The smallest absolute Gasteiger partial charge is 0.286 e. The molecule has 0 saturated heterocycles. The molecule has 2 N–H and O–H groups in total. The number of hydrogen-bond donors (Lipinski definition) is 2. The number of nitrogens with zero attached hydrogens (tertiary/aromatic N) is 1. The zero-order valence-corrected chi connectivity index (χ0v) is 25.7. The average molecular weight is 623 g/mol. The minimum Gasteiger partial charge on any atom is -0.497 e. The van der Waals surface area contributed by atoms with Crippen LogP contribution in [0.25, 0.3) is 11.1 Å². The second-order valence-corrected chi connectivity index (χ2v) is 12.5. The van der Waals surface area contributed by atoms with Crippen LogP contribution in [0.15, 0.2) is 83.5 Å². The van der Waals surface area contributed by atoms with Gasteiger partial charge in [0, 0.05) is 39.1 Å². The van der Waals surface area contributed by atoms with Crippen LogP contribution < -0.4 is 10.1 Å². The second kappa shape index (κ2) is 14.4. The van der Waals surface area contributed by atoms with E-state index in [-0.39, 0.29) is 48.8 Å². The van der Waals surface area contributed by atoms with E-state index in [4.69, 9.17) is 18.9 Å². The molecule has 234 valence electrons. The summed E-state index contributed by atoms with van der Waals surface area (Å²) in [6.45, 7) is 0.194. The molecular formula is C33H38N2O8S. The van der Waals surface area contributed by atoms with Gasteiger partial charge in [-0.2, -0.15) is 4.31 Å². The van der Waals surface area contributed by atoms with Gasteiger partial charge in [-0.3, -0.25) is 4.79 Å². The molecule has 0 saturated carbocycles. The third-order valence-electron chi connectivity index (χ3n) is 7.85. The predicted octanol–water partition coefficient (Wildman–Crippen LogP) is 3.44. The van der Waals surface area contributed by atoms with Crippen molar-refractivity contribution in [2.75, 3.05) is 53.7 Å². The van der Waals surface area contributed by atoms with Crippen LogP contribution in [-0.4, -0.2) is 83.7 Å². The molecule has 1 aliphatic heterocycles. The molecule has 0 radical (unpaired) electrons. The molecule has 5 rings (SSSR count). The summed E-state index contributed by atoms with van der Waals surface area (Å²) in [7, 11) is -0.840. The molecule has 2 atom stereocenters. The molecule has 0 fully saturated rings. The van der Waals surface area contributed by atoms with Gasteiger partial charge in [-0.05, 0) is 64.6 Å². The van der Waals surface area contributed by atoms with Crippen molar-refractivity contribution in [1.82, 2.24) is 9.62 Å². The van der Waals surface area contributed by atoms with E-state index >= 15 is 0 Å². The highest BCUT2D eigenvalue weighted by molar-refractivity contribution is 7.89. The highest BCUT2D eigenvalue weighted by Gasteiger charge is 2.32. The van der Waals surface area contributed by atoms with Crippen LogP contribution in [0, 0.1) is 0 Å². The quantitative estimate of drug-likeness (QED) is 0.205. The highest BCUT2D eigenvalue weighted by atomic mass is 32.2. The summed E-state index contributed by atoms with van der Waals surface area (Å²) in [6.07, 6.45) is 2.28.